The Morgan fingerprint density at radius 1 is 0.435 bits per heavy atom. The Bertz CT molecular complexity index is 105. The Balaban J connectivity index is -0.0000000366. The largest absolute Gasteiger partial charge is 4.00 e. The molecular weight excluding hydrogens is 379 g/mol. The summed E-state index contributed by atoms with van der Waals surface area (Å²) in [4.78, 5) is 0. The average Bonchev–Trinajstić information content (AvgIpc) is 2.39. The zero-order valence-electron chi connectivity index (χ0n) is 15.1. The van der Waals surface area contributed by atoms with Crippen LogP contribution in [0.5, 0.6) is 0 Å². The van der Waals surface area contributed by atoms with Gasteiger partial charge >= 0.3 is 26.2 Å². The second-order valence-corrected chi connectivity index (χ2v) is 4.98. The van der Waals surface area contributed by atoms with Gasteiger partial charge in [0.2, 0.25) is 0 Å². The van der Waals surface area contributed by atoms with Crippen LogP contribution in [0.4, 0.5) is 0 Å². The van der Waals surface area contributed by atoms with Crippen LogP contribution in [0.15, 0.2) is 0 Å². The molecule has 6 nitrogen and oxygen atoms in total. The van der Waals surface area contributed by atoms with E-state index < -0.39 is 0 Å². The SMILES string of the molecule is CCCCCCCCO.CCCCCCCCO.[OH-].[OH-].[OH-].[OH-].[Zr+4]. The van der Waals surface area contributed by atoms with Gasteiger partial charge in [-0.3, -0.25) is 0 Å². The third-order valence-corrected chi connectivity index (χ3v) is 3.02. The van der Waals surface area contributed by atoms with Crippen LogP contribution in [-0.2, 0) is 26.2 Å². The molecule has 0 aliphatic rings. The molecule has 0 bridgehead atoms. The standard InChI is InChI=1S/2C8H18O.4H2O.Zr/c2*1-2-3-4-5-6-7-8-9;;;;;/h2*9H,2-8H2,1H3;4*1H2;/q;;;;;;+4/p-4. The maximum atomic E-state index is 8.42. The van der Waals surface area contributed by atoms with Crippen molar-refractivity contribution in [3.05, 3.63) is 0 Å². The van der Waals surface area contributed by atoms with E-state index in [2.05, 4.69) is 13.8 Å². The maximum absolute atomic E-state index is 8.42. The van der Waals surface area contributed by atoms with Crippen molar-refractivity contribution in [2.45, 2.75) is 90.9 Å². The van der Waals surface area contributed by atoms with Crippen molar-refractivity contribution in [2.75, 3.05) is 13.2 Å². The number of aliphatic hydroxyl groups excluding tert-OH is 2. The first kappa shape index (κ1) is 43.8. The molecule has 0 amide bonds. The third kappa shape index (κ3) is 60.4. The summed E-state index contributed by atoms with van der Waals surface area (Å²) < 4.78 is 0. The summed E-state index contributed by atoms with van der Waals surface area (Å²) in [6, 6.07) is 0. The van der Waals surface area contributed by atoms with Crippen LogP contribution in [-0.4, -0.2) is 45.3 Å². The van der Waals surface area contributed by atoms with Gasteiger partial charge in [0.1, 0.15) is 0 Å². The molecule has 23 heavy (non-hydrogen) atoms. The van der Waals surface area contributed by atoms with Gasteiger partial charge in [-0.05, 0) is 12.8 Å². The van der Waals surface area contributed by atoms with Crippen molar-refractivity contribution < 1.29 is 58.3 Å². The fraction of sp³-hybridized carbons (Fsp3) is 1.00. The first-order valence-corrected chi connectivity index (χ1v) is 8.05. The molecule has 0 saturated carbocycles. The van der Waals surface area contributed by atoms with Gasteiger partial charge in [0.25, 0.3) is 0 Å². The quantitative estimate of drug-likeness (QED) is 0.455. The zero-order chi connectivity index (χ0) is 13.9. The van der Waals surface area contributed by atoms with Crippen LogP contribution < -0.4 is 0 Å². The molecule has 0 aliphatic heterocycles. The van der Waals surface area contributed by atoms with Crippen molar-refractivity contribution in [3.63, 3.8) is 0 Å². The second kappa shape index (κ2) is 49.5. The molecule has 0 spiro atoms. The number of hydrogen-bond acceptors (Lipinski definition) is 6. The summed E-state index contributed by atoms with van der Waals surface area (Å²) in [6.07, 6.45) is 15.0. The van der Waals surface area contributed by atoms with E-state index in [0.717, 1.165) is 12.8 Å². The molecule has 6 N–H and O–H groups in total. The van der Waals surface area contributed by atoms with E-state index in [1.807, 2.05) is 0 Å². The molecule has 0 saturated heterocycles. The monoisotopic (exact) mass is 418 g/mol. The van der Waals surface area contributed by atoms with E-state index in [0.29, 0.717) is 13.2 Å². The second-order valence-electron chi connectivity index (χ2n) is 4.98. The Hall–Kier alpha value is 0.643. The van der Waals surface area contributed by atoms with E-state index in [1.165, 1.54) is 64.2 Å². The van der Waals surface area contributed by atoms with Gasteiger partial charge in [-0.1, -0.05) is 78.1 Å². The van der Waals surface area contributed by atoms with Crippen molar-refractivity contribution in [3.8, 4) is 0 Å². The van der Waals surface area contributed by atoms with Crippen molar-refractivity contribution >= 4 is 0 Å². The minimum Gasteiger partial charge on any atom is -0.870 e. The molecule has 0 rings (SSSR count). The van der Waals surface area contributed by atoms with Crippen molar-refractivity contribution in [1.82, 2.24) is 0 Å². The maximum Gasteiger partial charge on any atom is 4.00 e. The fourth-order valence-corrected chi connectivity index (χ4v) is 1.78. The van der Waals surface area contributed by atoms with Gasteiger partial charge < -0.3 is 32.1 Å². The van der Waals surface area contributed by atoms with E-state index in [4.69, 9.17) is 10.2 Å². The minimum absolute atomic E-state index is 0. The van der Waals surface area contributed by atoms with Gasteiger partial charge in [-0.15, -0.1) is 0 Å². The van der Waals surface area contributed by atoms with Gasteiger partial charge in [-0.2, -0.15) is 0 Å². The van der Waals surface area contributed by atoms with E-state index in [1.54, 1.807) is 0 Å². The van der Waals surface area contributed by atoms with Crippen LogP contribution in [0.25, 0.3) is 0 Å². The Morgan fingerprint density at radius 2 is 0.652 bits per heavy atom. The van der Waals surface area contributed by atoms with Crippen LogP contribution in [0.3, 0.4) is 0 Å². The first-order valence-electron chi connectivity index (χ1n) is 8.05. The molecule has 144 valence electrons. The number of unbranched alkanes of at least 4 members (excludes halogenated alkanes) is 10. The Kier molecular flexibility index (Phi) is 94.1. The molecule has 0 unspecified atom stereocenters. The molecule has 0 aromatic carbocycles. The van der Waals surface area contributed by atoms with Crippen LogP contribution in [0.1, 0.15) is 90.9 Å². The summed E-state index contributed by atoms with van der Waals surface area (Å²) >= 11 is 0. The molecule has 0 aliphatic carbocycles. The molecule has 0 atom stereocenters. The minimum atomic E-state index is 0. The van der Waals surface area contributed by atoms with Gasteiger partial charge in [0, 0.05) is 13.2 Å². The molecular formula is C16H40O6Zr. The van der Waals surface area contributed by atoms with Gasteiger partial charge in [0.05, 0.1) is 0 Å². The van der Waals surface area contributed by atoms with Crippen LogP contribution >= 0.6 is 0 Å². The van der Waals surface area contributed by atoms with E-state index in [9.17, 15) is 0 Å². The third-order valence-electron chi connectivity index (χ3n) is 3.02. The molecule has 0 heterocycles. The normalized spacial score (nSPS) is 7.83. The van der Waals surface area contributed by atoms with Crippen molar-refractivity contribution in [2.24, 2.45) is 0 Å². The smallest absolute Gasteiger partial charge is 0.870 e. The molecule has 0 radical (unpaired) electrons. The fourth-order valence-electron chi connectivity index (χ4n) is 1.78. The summed E-state index contributed by atoms with van der Waals surface area (Å²) in [5.74, 6) is 0. The Labute approximate surface area is 162 Å². The predicted octanol–water partition coefficient (Wildman–Crippen LogP) is 3.97. The van der Waals surface area contributed by atoms with Gasteiger partial charge in [0.15, 0.2) is 0 Å². The van der Waals surface area contributed by atoms with E-state index >= 15 is 0 Å². The average molecular weight is 420 g/mol. The zero-order valence-corrected chi connectivity index (χ0v) is 17.5. The summed E-state index contributed by atoms with van der Waals surface area (Å²) in [6.45, 7) is 5.16. The molecule has 0 fully saturated rings. The number of aliphatic hydroxyl groups is 2. The molecule has 0 aromatic heterocycles. The number of hydrogen-bond donors (Lipinski definition) is 2. The summed E-state index contributed by atoms with van der Waals surface area (Å²) in [5, 5.41) is 16.8. The summed E-state index contributed by atoms with van der Waals surface area (Å²) in [5.41, 5.74) is 0. The summed E-state index contributed by atoms with van der Waals surface area (Å²) in [7, 11) is 0. The topological polar surface area (TPSA) is 160 Å². The van der Waals surface area contributed by atoms with Gasteiger partial charge in [-0.25, -0.2) is 0 Å². The first-order chi connectivity index (χ1) is 8.83. The van der Waals surface area contributed by atoms with Crippen LogP contribution in [0, 0.1) is 0 Å². The van der Waals surface area contributed by atoms with Crippen LogP contribution in [0.2, 0.25) is 0 Å². The van der Waals surface area contributed by atoms with Crippen molar-refractivity contribution in [1.29, 1.82) is 0 Å². The number of rotatable bonds is 12. The predicted molar refractivity (Wildman–Crippen MR) is 88.7 cm³/mol. The Morgan fingerprint density at radius 3 is 0.870 bits per heavy atom. The van der Waals surface area contributed by atoms with E-state index in [-0.39, 0.29) is 48.1 Å². The molecule has 7 heteroatoms. The molecule has 0 aromatic rings.